The van der Waals surface area contributed by atoms with Gasteiger partial charge in [-0.15, -0.1) is 0 Å². The first-order chi connectivity index (χ1) is 6.79. The number of hydrogen-bond donors (Lipinski definition) is 2. The van der Waals surface area contributed by atoms with Crippen molar-refractivity contribution in [1.29, 1.82) is 0 Å². The number of piperidine rings is 1. The lowest BCUT2D eigenvalue weighted by molar-refractivity contribution is -0.123. The molecule has 1 fully saturated rings. The molecule has 1 amide bonds. The number of amides is 1. The fraction of sp³-hybridized carbons (Fsp3) is 0.400. The molecule has 0 aromatic carbocycles. The number of aromatic amines is 1. The van der Waals surface area contributed by atoms with E-state index in [1.54, 1.807) is 18.3 Å². The number of carbonyl (C=O) groups is 1. The summed E-state index contributed by atoms with van der Waals surface area (Å²) in [5.74, 6) is -0.304. The van der Waals surface area contributed by atoms with Gasteiger partial charge in [0, 0.05) is 18.3 Å². The molecule has 4 heteroatoms. The van der Waals surface area contributed by atoms with Gasteiger partial charge in [0.05, 0.1) is 5.92 Å². The van der Waals surface area contributed by atoms with Gasteiger partial charge in [0.1, 0.15) is 0 Å². The maximum absolute atomic E-state index is 11.5. The van der Waals surface area contributed by atoms with E-state index in [1.165, 1.54) is 0 Å². The molecule has 1 atom stereocenters. The van der Waals surface area contributed by atoms with Crippen molar-refractivity contribution in [3.63, 3.8) is 0 Å². The van der Waals surface area contributed by atoms with Crippen LogP contribution in [0, 0.1) is 0 Å². The quantitative estimate of drug-likeness (QED) is 0.675. The largest absolute Gasteiger partial charge is 0.356 e. The van der Waals surface area contributed by atoms with Gasteiger partial charge in [0.2, 0.25) is 5.91 Å². The first-order valence-electron chi connectivity index (χ1n) is 4.74. The number of aromatic nitrogens is 1. The Kier molecular flexibility index (Phi) is 2.35. The summed E-state index contributed by atoms with van der Waals surface area (Å²) >= 11 is 0. The highest BCUT2D eigenvalue weighted by atomic mass is 16.2. The number of pyridine rings is 1. The summed E-state index contributed by atoms with van der Waals surface area (Å²) in [5, 5.41) is 2.77. The van der Waals surface area contributed by atoms with Crippen LogP contribution in [0.25, 0.3) is 0 Å². The fourth-order valence-corrected chi connectivity index (χ4v) is 1.78. The summed E-state index contributed by atoms with van der Waals surface area (Å²) in [6.45, 7) is 0.722. The Balaban J connectivity index is 2.34. The molecule has 0 bridgehead atoms. The Morgan fingerprint density at radius 3 is 2.93 bits per heavy atom. The predicted molar refractivity (Wildman–Crippen MR) is 52.0 cm³/mol. The van der Waals surface area contributed by atoms with E-state index in [2.05, 4.69) is 10.3 Å². The zero-order chi connectivity index (χ0) is 9.97. The first-order valence-corrected chi connectivity index (χ1v) is 4.74. The molecule has 2 heterocycles. The Labute approximate surface area is 81.3 Å². The molecule has 14 heavy (non-hydrogen) atoms. The van der Waals surface area contributed by atoms with Crippen LogP contribution < -0.4 is 10.9 Å². The second kappa shape index (κ2) is 3.65. The van der Waals surface area contributed by atoms with Crippen molar-refractivity contribution in [3.05, 3.63) is 34.2 Å². The summed E-state index contributed by atoms with van der Waals surface area (Å²) < 4.78 is 0. The molecular weight excluding hydrogens is 180 g/mol. The lowest BCUT2D eigenvalue weighted by atomic mass is 9.92. The van der Waals surface area contributed by atoms with E-state index in [-0.39, 0.29) is 17.4 Å². The van der Waals surface area contributed by atoms with Crippen LogP contribution in [-0.2, 0) is 4.79 Å². The lowest BCUT2D eigenvalue weighted by Gasteiger charge is -2.21. The maximum atomic E-state index is 11.5. The normalized spacial score (nSPS) is 21.7. The molecule has 0 radical (unpaired) electrons. The summed E-state index contributed by atoms with van der Waals surface area (Å²) in [7, 11) is 0. The SMILES string of the molecule is O=C1NCCCC1c1ccc[nH]c1=O. The molecule has 74 valence electrons. The van der Waals surface area contributed by atoms with Crippen molar-refractivity contribution in [2.45, 2.75) is 18.8 Å². The minimum absolute atomic E-state index is 0.0343. The number of H-pyrrole nitrogens is 1. The van der Waals surface area contributed by atoms with Gasteiger partial charge in [-0.3, -0.25) is 9.59 Å². The molecule has 1 unspecified atom stereocenters. The van der Waals surface area contributed by atoms with Crippen molar-refractivity contribution in [2.75, 3.05) is 6.54 Å². The minimum Gasteiger partial charge on any atom is -0.356 e. The average molecular weight is 192 g/mol. The molecule has 1 saturated heterocycles. The number of nitrogens with one attached hydrogen (secondary N) is 2. The average Bonchev–Trinajstić information content (AvgIpc) is 2.20. The van der Waals surface area contributed by atoms with E-state index in [0.717, 1.165) is 19.4 Å². The topological polar surface area (TPSA) is 62.0 Å². The van der Waals surface area contributed by atoms with Crippen molar-refractivity contribution in [1.82, 2.24) is 10.3 Å². The molecule has 0 aliphatic carbocycles. The van der Waals surface area contributed by atoms with Gasteiger partial charge in [-0.2, -0.15) is 0 Å². The lowest BCUT2D eigenvalue weighted by Crippen LogP contribution is -2.37. The molecule has 2 N–H and O–H groups in total. The van der Waals surface area contributed by atoms with Crippen LogP contribution >= 0.6 is 0 Å². The molecule has 1 aromatic rings. The number of hydrogen-bond acceptors (Lipinski definition) is 2. The van der Waals surface area contributed by atoms with Gasteiger partial charge < -0.3 is 10.3 Å². The van der Waals surface area contributed by atoms with Gasteiger partial charge in [0.15, 0.2) is 0 Å². The number of rotatable bonds is 1. The summed E-state index contributed by atoms with van der Waals surface area (Å²) in [6, 6.07) is 3.47. The molecule has 4 nitrogen and oxygen atoms in total. The van der Waals surface area contributed by atoms with Crippen LogP contribution in [0.3, 0.4) is 0 Å². The number of carbonyl (C=O) groups excluding carboxylic acids is 1. The van der Waals surface area contributed by atoms with Crippen LogP contribution in [0.15, 0.2) is 23.1 Å². The summed E-state index contributed by atoms with van der Waals surface area (Å²) in [6.07, 6.45) is 3.27. The summed E-state index contributed by atoms with van der Waals surface area (Å²) in [4.78, 5) is 25.5. The van der Waals surface area contributed by atoms with Crippen LogP contribution in [0.1, 0.15) is 24.3 Å². The van der Waals surface area contributed by atoms with Crippen molar-refractivity contribution in [3.8, 4) is 0 Å². The predicted octanol–water partition coefficient (Wildman–Crippen LogP) is 0.368. The zero-order valence-electron chi connectivity index (χ0n) is 7.75. The van der Waals surface area contributed by atoms with E-state index in [1.807, 2.05) is 0 Å². The highest BCUT2D eigenvalue weighted by Crippen LogP contribution is 2.20. The van der Waals surface area contributed by atoms with Gasteiger partial charge in [0.25, 0.3) is 5.56 Å². The van der Waals surface area contributed by atoms with Crippen LogP contribution in [-0.4, -0.2) is 17.4 Å². The minimum atomic E-state index is -0.270. The van der Waals surface area contributed by atoms with Crippen molar-refractivity contribution >= 4 is 5.91 Å². The second-order valence-corrected chi connectivity index (χ2v) is 3.44. The fourth-order valence-electron chi connectivity index (χ4n) is 1.78. The third-order valence-electron chi connectivity index (χ3n) is 2.51. The van der Waals surface area contributed by atoms with E-state index < -0.39 is 0 Å². The monoisotopic (exact) mass is 192 g/mol. The van der Waals surface area contributed by atoms with Gasteiger partial charge in [-0.25, -0.2) is 0 Å². The Morgan fingerprint density at radius 2 is 2.21 bits per heavy atom. The van der Waals surface area contributed by atoms with Crippen molar-refractivity contribution in [2.24, 2.45) is 0 Å². The Bertz CT molecular complexity index is 397. The standard InChI is InChI=1S/C10H12N2O2/c13-9-7(3-1-5-11-9)8-4-2-6-12-10(8)14/h1,3,5,8H,2,4,6H2,(H,11,13)(H,12,14). The highest BCUT2D eigenvalue weighted by molar-refractivity contribution is 5.84. The van der Waals surface area contributed by atoms with Crippen LogP contribution in [0.2, 0.25) is 0 Å². The van der Waals surface area contributed by atoms with E-state index in [9.17, 15) is 9.59 Å². The Morgan fingerprint density at radius 1 is 1.36 bits per heavy atom. The molecule has 0 saturated carbocycles. The molecule has 0 spiro atoms. The van der Waals surface area contributed by atoms with Gasteiger partial charge in [-0.1, -0.05) is 6.07 Å². The van der Waals surface area contributed by atoms with Crippen molar-refractivity contribution < 1.29 is 4.79 Å². The first kappa shape index (κ1) is 8.99. The third-order valence-corrected chi connectivity index (χ3v) is 2.51. The van der Waals surface area contributed by atoms with E-state index >= 15 is 0 Å². The van der Waals surface area contributed by atoms with Crippen LogP contribution in [0.5, 0.6) is 0 Å². The van der Waals surface area contributed by atoms with Crippen LogP contribution in [0.4, 0.5) is 0 Å². The molecule has 1 aromatic heterocycles. The molecule has 1 aliphatic rings. The van der Waals surface area contributed by atoms with E-state index in [4.69, 9.17) is 0 Å². The smallest absolute Gasteiger partial charge is 0.251 e. The van der Waals surface area contributed by atoms with Gasteiger partial charge in [-0.05, 0) is 18.9 Å². The molecule has 1 aliphatic heterocycles. The maximum Gasteiger partial charge on any atom is 0.251 e. The highest BCUT2D eigenvalue weighted by Gasteiger charge is 2.25. The van der Waals surface area contributed by atoms with Gasteiger partial charge >= 0.3 is 0 Å². The Hall–Kier alpha value is -1.58. The zero-order valence-corrected chi connectivity index (χ0v) is 7.75. The molecule has 2 rings (SSSR count). The third kappa shape index (κ3) is 1.55. The summed E-state index contributed by atoms with van der Waals surface area (Å²) in [5.41, 5.74) is 0.416. The molecular formula is C10H12N2O2. The van der Waals surface area contributed by atoms with E-state index in [0.29, 0.717) is 5.56 Å². The second-order valence-electron chi connectivity index (χ2n) is 3.44.